The zero-order valence-electron chi connectivity index (χ0n) is 9.87. The number of nitrogens with zero attached hydrogens (tertiary/aromatic N) is 1. The Kier molecular flexibility index (Phi) is 2.62. The molecule has 0 bridgehead atoms. The molecule has 0 unspecified atom stereocenters. The van der Waals surface area contributed by atoms with E-state index in [2.05, 4.69) is 9.97 Å². The van der Waals surface area contributed by atoms with Gasteiger partial charge in [-0.2, -0.15) is 0 Å². The van der Waals surface area contributed by atoms with E-state index in [1.165, 1.54) is 6.07 Å². The SMILES string of the molecule is NS(=O)(=O)c1ccccc1-c1ccc2nc[nH]c2c1. The highest BCUT2D eigenvalue weighted by molar-refractivity contribution is 7.89. The number of nitrogens with two attached hydrogens (primary N) is 1. The number of fused-ring (bicyclic) bond motifs is 1. The lowest BCUT2D eigenvalue weighted by molar-refractivity contribution is 0.598. The van der Waals surface area contributed by atoms with Gasteiger partial charge in [0.25, 0.3) is 0 Å². The molecule has 3 rings (SSSR count). The standard InChI is InChI=1S/C13H11N3O2S/c14-19(17,18)13-4-2-1-3-10(13)9-5-6-11-12(7-9)16-8-15-11/h1-8H,(H,15,16)(H2,14,17,18). The van der Waals surface area contributed by atoms with Crippen molar-refractivity contribution < 1.29 is 8.42 Å². The minimum Gasteiger partial charge on any atom is -0.345 e. The van der Waals surface area contributed by atoms with Gasteiger partial charge < -0.3 is 4.98 Å². The molecule has 3 N–H and O–H groups in total. The molecule has 19 heavy (non-hydrogen) atoms. The summed E-state index contributed by atoms with van der Waals surface area (Å²) in [5.41, 5.74) is 3.04. The molecule has 1 aromatic heterocycles. The van der Waals surface area contributed by atoms with Gasteiger partial charge in [0.2, 0.25) is 10.0 Å². The van der Waals surface area contributed by atoms with Gasteiger partial charge in [0.15, 0.2) is 0 Å². The van der Waals surface area contributed by atoms with Gasteiger partial charge in [-0.1, -0.05) is 24.3 Å². The van der Waals surface area contributed by atoms with E-state index < -0.39 is 10.0 Å². The van der Waals surface area contributed by atoms with Crippen LogP contribution >= 0.6 is 0 Å². The molecular weight excluding hydrogens is 262 g/mol. The Labute approximate surface area is 110 Å². The van der Waals surface area contributed by atoms with Crippen molar-refractivity contribution in [2.45, 2.75) is 4.90 Å². The topological polar surface area (TPSA) is 88.8 Å². The average Bonchev–Trinajstić information content (AvgIpc) is 2.85. The van der Waals surface area contributed by atoms with Crippen LogP contribution in [0.25, 0.3) is 22.2 Å². The predicted octanol–water partition coefficient (Wildman–Crippen LogP) is 1.88. The number of primary sulfonamides is 1. The van der Waals surface area contributed by atoms with Gasteiger partial charge in [0, 0.05) is 5.56 Å². The summed E-state index contributed by atoms with van der Waals surface area (Å²) < 4.78 is 23.2. The number of nitrogens with one attached hydrogen (secondary N) is 1. The minimum absolute atomic E-state index is 0.119. The normalized spacial score (nSPS) is 11.8. The van der Waals surface area contributed by atoms with Gasteiger partial charge in [-0.25, -0.2) is 18.5 Å². The number of aromatic nitrogens is 2. The van der Waals surface area contributed by atoms with Crippen LogP contribution in [0.5, 0.6) is 0 Å². The summed E-state index contributed by atoms with van der Waals surface area (Å²) in [6.45, 7) is 0. The van der Waals surface area contributed by atoms with Crippen LogP contribution in [0.15, 0.2) is 53.7 Å². The molecule has 2 aromatic carbocycles. The smallest absolute Gasteiger partial charge is 0.238 e. The van der Waals surface area contributed by atoms with Gasteiger partial charge >= 0.3 is 0 Å². The van der Waals surface area contributed by atoms with Gasteiger partial charge in [-0.05, 0) is 23.8 Å². The summed E-state index contributed by atoms with van der Waals surface area (Å²) >= 11 is 0. The van der Waals surface area contributed by atoms with Crippen molar-refractivity contribution in [2.24, 2.45) is 5.14 Å². The van der Waals surface area contributed by atoms with Gasteiger partial charge in [-0.3, -0.25) is 0 Å². The molecule has 0 saturated carbocycles. The number of aromatic amines is 1. The van der Waals surface area contributed by atoms with Crippen molar-refractivity contribution in [3.05, 3.63) is 48.8 Å². The molecule has 0 aliphatic carbocycles. The third kappa shape index (κ3) is 2.11. The van der Waals surface area contributed by atoms with E-state index in [0.717, 1.165) is 16.6 Å². The highest BCUT2D eigenvalue weighted by Crippen LogP contribution is 2.28. The lowest BCUT2D eigenvalue weighted by Crippen LogP contribution is -2.13. The Morgan fingerprint density at radius 2 is 1.89 bits per heavy atom. The van der Waals surface area contributed by atoms with E-state index in [9.17, 15) is 8.42 Å². The highest BCUT2D eigenvalue weighted by Gasteiger charge is 2.14. The Bertz CT molecular complexity index is 853. The second-order valence-corrected chi connectivity index (χ2v) is 5.71. The molecule has 0 radical (unpaired) electrons. The first-order chi connectivity index (χ1) is 9.05. The van der Waals surface area contributed by atoms with E-state index in [-0.39, 0.29) is 4.90 Å². The Balaban J connectivity index is 2.27. The van der Waals surface area contributed by atoms with Crippen molar-refractivity contribution in [3.8, 4) is 11.1 Å². The predicted molar refractivity (Wildman–Crippen MR) is 72.9 cm³/mol. The molecule has 0 spiro atoms. The molecule has 0 saturated heterocycles. The first-order valence-electron chi connectivity index (χ1n) is 5.61. The molecule has 1 heterocycles. The molecule has 96 valence electrons. The molecular formula is C13H11N3O2S. The zero-order chi connectivity index (χ0) is 13.5. The Morgan fingerprint density at radius 1 is 1.11 bits per heavy atom. The van der Waals surface area contributed by atoms with Crippen LogP contribution < -0.4 is 5.14 Å². The molecule has 0 aliphatic rings. The second kappa shape index (κ2) is 4.18. The maximum atomic E-state index is 11.6. The van der Waals surface area contributed by atoms with Crippen LogP contribution in [0.4, 0.5) is 0 Å². The van der Waals surface area contributed by atoms with Gasteiger partial charge in [0.1, 0.15) is 0 Å². The molecule has 5 nitrogen and oxygen atoms in total. The molecule has 3 aromatic rings. The molecule has 0 fully saturated rings. The summed E-state index contributed by atoms with van der Waals surface area (Å²) in [5, 5.41) is 5.24. The first-order valence-corrected chi connectivity index (χ1v) is 7.16. The third-order valence-electron chi connectivity index (χ3n) is 2.92. The van der Waals surface area contributed by atoms with E-state index in [4.69, 9.17) is 5.14 Å². The third-order valence-corrected chi connectivity index (χ3v) is 3.89. The fraction of sp³-hybridized carbons (Fsp3) is 0. The van der Waals surface area contributed by atoms with E-state index >= 15 is 0 Å². The van der Waals surface area contributed by atoms with E-state index in [0.29, 0.717) is 5.56 Å². The molecule has 0 aliphatic heterocycles. The van der Waals surface area contributed by atoms with Crippen molar-refractivity contribution in [3.63, 3.8) is 0 Å². The summed E-state index contributed by atoms with van der Waals surface area (Å²) in [7, 11) is -3.75. The lowest BCUT2D eigenvalue weighted by Gasteiger charge is -2.07. The lowest BCUT2D eigenvalue weighted by atomic mass is 10.1. The largest absolute Gasteiger partial charge is 0.345 e. The summed E-state index contributed by atoms with van der Waals surface area (Å²) in [4.78, 5) is 7.24. The van der Waals surface area contributed by atoms with Crippen LogP contribution in [0.3, 0.4) is 0 Å². The van der Waals surface area contributed by atoms with Crippen LogP contribution in [-0.4, -0.2) is 18.4 Å². The average molecular weight is 273 g/mol. The van der Waals surface area contributed by atoms with Crippen molar-refractivity contribution in [2.75, 3.05) is 0 Å². The molecule has 0 amide bonds. The van der Waals surface area contributed by atoms with Crippen LogP contribution in [0.1, 0.15) is 0 Å². The zero-order valence-corrected chi connectivity index (χ0v) is 10.7. The van der Waals surface area contributed by atoms with Crippen LogP contribution in [0.2, 0.25) is 0 Å². The van der Waals surface area contributed by atoms with Gasteiger partial charge in [-0.15, -0.1) is 0 Å². The van der Waals surface area contributed by atoms with Crippen molar-refractivity contribution in [1.29, 1.82) is 0 Å². The second-order valence-electron chi connectivity index (χ2n) is 4.18. The minimum atomic E-state index is -3.75. The Morgan fingerprint density at radius 3 is 2.68 bits per heavy atom. The number of H-pyrrole nitrogens is 1. The number of imidazole rings is 1. The van der Waals surface area contributed by atoms with E-state index in [1.807, 2.05) is 18.2 Å². The summed E-state index contributed by atoms with van der Waals surface area (Å²) in [6, 6.07) is 12.2. The van der Waals surface area contributed by atoms with Crippen molar-refractivity contribution >= 4 is 21.1 Å². The monoisotopic (exact) mass is 273 g/mol. The number of hydrogen-bond donors (Lipinski definition) is 2. The number of hydrogen-bond acceptors (Lipinski definition) is 3. The van der Waals surface area contributed by atoms with Crippen LogP contribution in [0, 0.1) is 0 Å². The summed E-state index contributed by atoms with van der Waals surface area (Å²) in [5.74, 6) is 0. The fourth-order valence-electron chi connectivity index (χ4n) is 2.06. The highest BCUT2D eigenvalue weighted by atomic mass is 32.2. The first kappa shape index (κ1) is 11.9. The van der Waals surface area contributed by atoms with Crippen molar-refractivity contribution in [1.82, 2.24) is 9.97 Å². The number of benzene rings is 2. The molecule has 0 atom stereocenters. The van der Waals surface area contributed by atoms with E-state index in [1.54, 1.807) is 24.5 Å². The number of sulfonamides is 1. The maximum absolute atomic E-state index is 11.6. The number of rotatable bonds is 2. The van der Waals surface area contributed by atoms with Gasteiger partial charge in [0.05, 0.1) is 22.3 Å². The fourth-order valence-corrected chi connectivity index (χ4v) is 2.82. The quantitative estimate of drug-likeness (QED) is 0.747. The molecule has 6 heteroatoms. The Hall–Kier alpha value is -2.18. The maximum Gasteiger partial charge on any atom is 0.238 e. The van der Waals surface area contributed by atoms with Crippen LogP contribution in [-0.2, 0) is 10.0 Å². The summed E-state index contributed by atoms with van der Waals surface area (Å²) in [6.07, 6.45) is 1.60.